The zero-order valence-corrected chi connectivity index (χ0v) is 26.7. The number of cyclic esters (lactones) is 2. The van der Waals surface area contributed by atoms with E-state index in [4.69, 9.17) is 28.4 Å². The molecule has 0 saturated carbocycles. The van der Waals surface area contributed by atoms with Crippen LogP contribution in [0.25, 0.3) is 0 Å². The fraction of sp³-hybridized carbons (Fsp3) is 0.688. The van der Waals surface area contributed by atoms with Gasteiger partial charge in [0.25, 0.3) is 0 Å². The maximum Gasteiger partial charge on any atom is 0.333 e. The molecule has 260 valence electrons. The van der Waals surface area contributed by atoms with Crippen molar-refractivity contribution in [2.45, 2.75) is 126 Å². The molecule has 0 spiro atoms. The van der Waals surface area contributed by atoms with E-state index in [0.29, 0.717) is 0 Å². The summed E-state index contributed by atoms with van der Waals surface area (Å²) in [7, 11) is 0. The summed E-state index contributed by atoms with van der Waals surface area (Å²) in [6.45, 7) is 13.0. The van der Waals surface area contributed by atoms with Crippen LogP contribution in [-0.2, 0) is 38.0 Å². The van der Waals surface area contributed by atoms with Crippen molar-refractivity contribution in [3.05, 3.63) is 48.6 Å². The van der Waals surface area contributed by atoms with Crippen molar-refractivity contribution in [3.8, 4) is 0 Å². The summed E-state index contributed by atoms with van der Waals surface area (Å²) < 4.78 is 34.1. The van der Waals surface area contributed by atoms with Crippen molar-refractivity contribution >= 4 is 11.9 Å². The molecule has 0 amide bonds. The summed E-state index contributed by atoms with van der Waals surface area (Å²) in [5.41, 5.74) is -1.82. The molecule has 3 aliphatic rings. The molecule has 3 rings (SSSR count). The number of hydrogen-bond acceptors (Lipinski definition) is 14. The SMILES string of the molecule is C=C[C@@]1(C)CC/C=C(\C)C(=O)OC[C@H]2O[C@@H](O[C@@](C)(C=C)CC/C=C(\C)C(=O)OC[C@H]3O[C@@H](O1)[C@H](O)[C@H](O)[C@@H]3O)[C@H](O)[C@H](O)[C@@H]2O. The number of aliphatic hydroxyl groups is 6. The van der Waals surface area contributed by atoms with E-state index < -0.39 is 97.8 Å². The summed E-state index contributed by atoms with van der Waals surface area (Å²) >= 11 is 0. The number of fused-ring (bicyclic) bond motifs is 4. The average Bonchev–Trinajstić information content (AvgIpc) is 3.03. The molecular formula is C32H48O14. The molecule has 46 heavy (non-hydrogen) atoms. The van der Waals surface area contributed by atoms with E-state index in [2.05, 4.69) is 13.2 Å². The maximum atomic E-state index is 12.7. The predicted molar refractivity (Wildman–Crippen MR) is 161 cm³/mol. The lowest BCUT2D eigenvalue weighted by molar-refractivity contribution is -0.320. The molecule has 3 aliphatic heterocycles. The number of carbonyl (C=O) groups is 2. The minimum absolute atomic E-state index is 0.219. The molecule has 6 N–H and O–H groups in total. The van der Waals surface area contributed by atoms with Gasteiger partial charge >= 0.3 is 11.9 Å². The topological polar surface area (TPSA) is 211 Å². The molecule has 0 aromatic heterocycles. The number of aliphatic hydroxyl groups excluding tert-OH is 6. The zero-order valence-electron chi connectivity index (χ0n) is 26.7. The van der Waals surface area contributed by atoms with Crippen LogP contribution in [0, 0.1) is 0 Å². The first-order chi connectivity index (χ1) is 21.5. The lowest BCUT2D eigenvalue weighted by Gasteiger charge is -2.43. The highest BCUT2D eigenvalue weighted by Gasteiger charge is 2.48. The van der Waals surface area contributed by atoms with E-state index in [1.54, 1.807) is 26.0 Å². The Bertz CT molecular complexity index is 1070. The van der Waals surface area contributed by atoms with Crippen LogP contribution < -0.4 is 0 Å². The van der Waals surface area contributed by atoms with E-state index in [-0.39, 0.29) is 36.8 Å². The van der Waals surface area contributed by atoms with Crippen LogP contribution in [0.15, 0.2) is 48.6 Å². The van der Waals surface area contributed by atoms with E-state index in [1.807, 2.05) is 0 Å². The van der Waals surface area contributed by atoms with Crippen molar-refractivity contribution in [3.63, 3.8) is 0 Å². The first-order valence-corrected chi connectivity index (χ1v) is 15.2. The molecule has 2 saturated heterocycles. The van der Waals surface area contributed by atoms with Crippen LogP contribution in [0.4, 0.5) is 0 Å². The summed E-state index contributed by atoms with van der Waals surface area (Å²) in [6.07, 6.45) is -7.94. The zero-order chi connectivity index (χ0) is 34.4. The first kappa shape index (κ1) is 38.0. The van der Waals surface area contributed by atoms with Gasteiger partial charge in [0.05, 0.1) is 11.2 Å². The molecule has 0 unspecified atom stereocenters. The van der Waals surface area contributed by atoms with Gasteiger partial charge in [0.2, 0.25) is 0 Å². The third kappa shape index (κ3) is 9.31. The molecule has 12 atom stereocenters. The van der Waals surface area contributed by atoms with Gasteiger partial charge in [-0.3, -0.25) is 0 Å². The largest absolute Gasteiger partial charge is 0.459 e. The van der Waals surface area contributed by atoms with E-state index >= 15 is 0 Å². The number of esters is 2. The summed E-state index contributed by atoms with van der Waals surface area (Å²) in [5.74, 6) is -1.44. The molecule has 0 aromatic rings. The molecule has 2 fully saturated rings. The Morgan fingerprint density at radius 1 is 0.652 bits per heavy atom. The Hall–Kier alpha value is -2.50. The van der Waals surface area contributed by atoms with Gasteiger partial charge in [-0.1, -0.05) is 24.3 Å². The van der Waals surface area contributed by atoms with E-state index in [0.717, 1.165) is 0 Å². The summed E-state index contributed by atoms with van der Waals surface area (Å²) in [6, 6.07) is 0. The second-order valence-corrected chi connectivity index (χ2v) is 12.3. The lowest BCUT2D eigenvalue weighted by atomic mass is 9.96. The molecule has 4 bridgehead atoms. The first-order valence-electron chi connectivity index (χ1n) is 15.2. The fourth-order valence-electron chi connectivity index (χ4n) is 5.11. The third-order valence-electron chi connectivity index (χ3n) is 8.56. The molecule has 0 aromatic carbocycles. The minimum atomic E-state index is -1.66. The van der Waals surface area contributed by atoms with Crippen LogP contribution in [0.5, 0.6) is 0 Å². The Kier molecular flexibility index (Phi) is 13.3. The highest BCUT2D eigenvalue weighted by molar-refractivity contribution is 5.88. The normalized spacial score (nSPS) is 45.0. The van der Waals surface area contributed by atoms with Crippen molar-refractivity contribution in [2.24, 2.45) is 0 Å². The average molecular weight is 657 g/mol. The van der Waals surface area contributed by atoms with E-state index in [9.17, 15) is 40.2 Å². The molecular weight excluding hydrogens is 608 g/mol. The van der Waals surface area contributed by atoms with Gasteiger partial charge in [0, 0.05) is 11.1 Å². The lowest BCUT2D eigenvalue weighted by Crippen LogP contribution is -2.60. The molecule has 0 radical (unpaired) electrons. The second-order valence-electron chi connectivity index (χ2n) is 12.3. The second kappa shape index (κ2) is 16.1. The molecule has 3 heterocycles. The van der Waals surface area contributed by atoms with Gasteiger partial charge in [-0.05, 0) is 53.4 Å². The standard InChI is InChI=1S/C32H48O14/c1-7-31(5)13-9-11-17(3)27(39)42-16-20-22(34)24(36)26(38)30(44-20)46-32(6,8-2)14-10-12-18(4)28(40)41-15-19-21(33)23(35)25(37)29(43-19)45-31/h7-8,11-12,19-26,29-30,33-38H,1-2,9-10,13-16H2,3-6H3/b17-11+,18-12+/t19-,20-,21-,22-,23-,24-,25-,26-,29+,30+,31+,32+/m1/s1. The van der Waals surface area contributed by atoms with Crippen LogP contribution in [0.3, 0.4) is 0 Å². The number of carbonyl (C=O) groups excluding carboxylic acids is 2. The Morgan fingerprint density at radius 2 is 1.00 bits per heavy atom. The maximum absolute atomic E-state index is 12.7. The number of ether oxygens (including phenoxy) is 6. The monoisotopic (exact) mass is 656 g/mol. The van der Waals surface area contributed by atoms with Crippen LogP contribution in [0.2, 0.25) is 0 Å². The van der Waals surface area contributed by atoms with Gasteiger partial charge < -0.3 is 59.1 Å². The van der Waals surface area contributed by atoms with Gasteiger partial charge in [0.15, 0.2) is 12.6 Å². The van der Waals surface area contributed by atoms with Gasteiger partial charge in [-0.25, -0.2) is 9.59 Å². The van der Waals surface area contributed by atoms with Gasteiger partial charge in [-0.2, -0.15) is 0 Å². The Labute approximate surface area is 268 Å². The quantitative estimate of drug-likeness (QED) is 0.172. The van der Waals surface area contributed by atoms with Crippen LogP contribution >= 0.6 is 0 Å². The van der Waals surface area contributed by atoms with Crippen LogP contribution in [0.1, 0.15) is 53.4 Å². The third-order valence-corrected chi connectivity index (χ3v) is 8.56. The van der Waals surface area contributed by atoms with Crippen molar-refractivity contribution in [2.75, 3.05) is 13.2 Å². The molecule has 14 heteroatoms. The summed E-state index contributed by atoms with van der Waals surface area (Å²) in [4.78, 5) is 25.5. The van der Waals surface area contributed by atoms with Crippen molar-refractivity contribution < 1.29 is 68.6 Å². The van der Waals surface area contributed by atoms with Crippen LogP contribution in [-0.4, -0.2) is 128 Å². The summed E-state index contributed by atoms with van der Waals surface area (Å²) in [5, 5.41) is 63.2. The van der Waals surface area contributed by atoms with E-state index in [1.165, 1.54) is 26.0 Å². The predicted octanol–water partition coefficient (Wildman–Crippen LogP) is 0.0772. The Morgan fingerprint density at radius 3 is 1.33 bits per heavy atom. The molecule has 14 nitrogen and oxygen atoms in total. The highest BCUT2D eigenvalue weighted by Crippen LogP contribution is 2.31. The smallest absolute Gasteiger partial charge is 0.333 e. The molecule has 0 aliphatic carbocycles. The van der Waals surface area contributed by atoms with Gasteiger partial charge in [-0.15, -0.1) is 13.2 Å². The van der Waals surface area contributed by atoms with Gasteiger partial charge in [0.1, 0.15) is 62.0 Å². The fourth-order valence-corrected chi connectivity index (χ4v) is 5.11. The minimum Gasteiger partial charge on any atom is -0.459 e. The number of hydrogen-bond donors (Lipinski definition) is 6. The Balaban J connectivity index is 1.87. The number of allylic oxidation sites excluding steroid dienone is 2. The van der Waals surface area contributed by atoms with Crippen molar-refractivity contribution in [1.82, 2.24) is 0 Å². The van der Waals surface area contributed by atoms with Crippen molar-refractivity contribution in [1.29, 1.82) is 0 Å². The number of rotatable bonds is 2. The highest BCUT2D eigenvalue weighted by atomic mass is 16.7.